The minimum Gasteiger partial charge on any atom is -0.379 e. The number of amides is 4. The highest BCUT2D eigenvalue weighted by Crippen LogP contribution is 2.36. The molecule has 9 nitrogen and oxygen atoms in total. The Bertz CT molecular complexity index is 1630. The Labute approximate surface area is 251 Å². The number of benzene rings is 3. The molecule has 2 aliphatic rings. The highest BCUT2D eigenvalue weighted by molar-refractivity contribution is 5.97. The van der Waals surface area contributed by atoms with Gasteiger partial charge < -0.3 is 15.0 Å². The highest BCUT2D eigenvalue weighted by atomic mass is 16.5. The first-order valence-corrected chi connectivity index (χ1v) is 15.0. The smallest absolute Gasteiger partial charge is 0.379 e. The maximum atomic E-state index is 14.7. The molecule has 0 aliphatic carbocycles. The SMILES string of the molecule is CC(=O)Nc1ccc(-c2cc3cc(NC(=O)[N+]4(C(=O)[C@@H](c5ccccc5)N5CCOCC5)CCC[C@H]4C)ccc3[nH]2)cc1. The van der Waals surface area contributed by atoms with Crippen molar-refractivity contribution in [3.8, 4) is 11.3 Å². The number of nitrogens with zero attached hydrogens (tertiary/aromatic N) is 2. The lowest BCUT2D eigenvalue weighted by molar-refractivity contribution is -0.783. The number of carbonyl (C=O) groups excluding carboxylic acids is 3. The third-order valence-electron chi connectivity index (χ3n) is 8.79. The van der Waals surface area contributed by atoms with Crippen LogP contribution in [0.1, 0.15) is 38.3 Å². The summed E-state index contributed by atoms with van der Waals surface area (Å²) in [7, 11) is 0. The predicted molar refractivity (Wildman–Crippen MR) is 167 cm³/mol. The molecule has 0 saturated carbocycles. The number of nitrogens with one attached hydrogen (secondary N) is 3. The zero-order valence-electron chi connectivity index (χ0n) is 24.6. The lowest BCUT2D eigenvalue weighted by Crippen LogP contribution is -2.64. The van der Waals surface area contributed by atoms with Crippen LogP contribution in [0.25, 0.3) is 22.2 Å². The summed E-state index contributed by atoms with van der Waals surface area (Å²) >= 11 is 0. The average molecular weight is 581 g/mol. The lowest BCUT2D eigenvalue weighted by Gasteiger charge is -2.40. The number of aromatic nitrogens is 1. The summed E-state index contributed by atoms with van der Waals surface area (Å²) in [6.07, 6.45) is 1.62. The first-order chi connectivity index (χ1) is 20.8. The van der Waals surface area contributed by atoms with Crippen LogP contribution in [-0.2, 0) is 14.3 Å². The number of urea groups is 1. The molecule has 1 unspecified atom stereocenters. The van der Waals surface area contributed by atoms with E-state index in [1.54, 1.807) is 0 Å². The fourth-order valence-corrected chi connectivity index (χ4v) is 6.53. The van der Waals surface area contributed by atoms with Gasteiger partial charge in [-0.2, -0.15) is 4.48 Å². The van der Waals surface area contributed by atoms with Crippen LogP contribution in [0, 0.1) is 0 Å². The average Bonchev–Trinajstić information content (AvgIpc) is 3.62. The predicted octanol–water partition coefficient (Wildman–Crippen LogP) is 5.92. The molecule has 6 rings (SSSR count). The second-order valence-corrected chi connectivity index (χ2v) is 11.6. The molecule has 4 amide bonds. The number of H-pyrrole nitrogens is 1. The van der Waals surface area contributed by atoms with Crippen molar-refractivity contribution in [2.45, 2.75) is 38.8 Å². The molecule has 9 heteroatoms. The molecule has 0 spiro atoms. The van der Waals surface area contributed by atoms with Crippen molar-refractivity contribution in [3.63, 3.8) is 0 Å². The quantitative estimate of drug-likeness (QED) is 0.246. The van der Waals surface area contributed by atoms with Gasteiger partial charge in [0, 0.05) is 60.8 Å². The number of morpholine rings is 1. The highest BCUT2D eigenvalue weighted by Gasteiger charge is 2.56. The number of hydrogen-bond donors (Lipinski definition) is 3. The fraction of sp³-hybridized carbons (Fsp3) is 0.324. The number of fused-ring (bicyclic) bond motifs is 1. The van der Waals surface area contributed by atoms with Crippen LogP contribution in [0.3, 0.4) is 0 Å². The van der Waals surface area contributed by atoms with Crippen molar-refractivity contribution >= 4 is 40.1 Å². The van der Waals surface area contributed by atoms with Gasteiger partial charge in [-0.25, -0.2) is 9.59 Å². The van der Waals surface area contributed by atoms with Crippen molar-refractivity contribution in [1.29, 1.82) is 0 Å². The van der Waals surface area contributed by atoms with Crippen molar-refractivity contribution in [2.24, 2.45) is 0 Å². The van der Waals surface area contributed by atoms with E-state index in [0.717, 1.165) is 46.3 Å². The standard InChI is InChI=1S/C34H37N5O4/c1-23-7-6-18-39(23,33(41)32(26-8-4-3-5-9-26)38-16-19-43-20-17-38)34(42)36-29-14-15-30-27(21-29)22-31(37-30)25-10-12-28(13-11-25)35-24(2)40/h3-5,8-15,21-23,32,37H,6-7,16-20H2,1-2H3,(H-,35,36,40,42)/p+1/t23-,32-,39?/m1/s1. The molecule has 3 heterocycles. The zero-order valence-corrected chi connectivity index (χ0v) is 24.6. The van der Waals surface area contributed by atoms with Crippen LogP contribution in [0.2, 0.25) is 0 Å². The number of hydrogen-bond acceptors (Lipinski definition) is 5. The fourth-order valence-electron chi connectivity index (χ4n) is 6.53. The summed E-state index contributed by atoms with van der Waals surface area (Å²) in [5, 5.41) is 6.86. The second-order valence-electron chi connectivity index (χ2n) is 11.6. The van der Waals surface area contributed by atoms with Gasteiger partial charge in [0.2, 0.25) is 5.91 Å². The molecule has 43 heavy (non-hydrogen) atoms. The molecule has 3 atom stereocenters. The maximum absolute atomic E-state index is 14.7. The molecule has 3 aromatic carbocycles. The Morgan fingerprint density at radius 1 is 0.930 bits per heavy atom. The molecular formula is C34H38N5O4+. The maximum Gasteiger partial charge on any atom is 0.428 e. The normalized spacial score (nSPS) is 21.4. The van der Waals surface area contributed by atoms with Gasteiger partial charge in [-0.1, -0.05) is 42.5 Å². The van der Waals surface area contributed by atoms with Gasteiger partial charge in [0.15, 0.2) is 6.04 Å². The van der Waals surface area contributed by atoms with Crippen molar-refractivity contribution < 1.29 is 23.6 Å². The number of anilines is 2. The third-order valence-corrected chi connectivity index (χ3v) is 8.79. The summed E-state index contributed by atoms with van der Waals surface area (Å²) in [5.41, 5.74) is 5.14. The van der Waals surface area contributed by atoms with Crippen LogP contribution >= 0.6 is 0 Å². The topological polar surface area (TPSA) is 104 Å². The van der Waals surface area contributed by atoms with Gasteiger partial charge in [0.05, 0.1) is 19.8 Å². The van der Waals surface area contributed by atoms with Crippen molar-refractivity contribution in [2.75, 3.05) is 43.5 Å². The zero-order chi connectivity index (χ0) is 30.0. The van der Waals surface area contributed by atoms with E-state index in [1.165, 1.54) is 6.92 Å². The number of quaternary nitrogens is 1. The molecule has 0 bridgehead atoms. The summed E-state index contributed by atoms with van der Waals surface area (Å²) in [6, 6.07) is 24.3. The van der Waals surface area contributed by atoms with Gasteiger partial charge in [-0.15, -0.1) is 0 Å². The Morgan fingerprint density at radius 2 is 1.65 bits per heavy atom. The van der Waals surface area contributed by atoms with Gasteiger partial charge in [0.25, 0.3) is 0 Å². The van der Waals surface area contributed by atoms with Crippen LogP contribution < -0.4 is 10.6 Å². The number of aromatic amines is 1. The van der Waals surface area contributed by atoms with Crippen LogP contribution in [-0.4, -0.2) is 71.1 Å². The number of rotatable bonds is 6. The van der Waals surface area contributed by atoms with Gasteiger partial charge in [-0.05, 0) is 54.4 Å². The molecule has 0 radical (unpaired) electrons. The Hall–Kier alpha value is -4.31. The number of ether oxygens (including phenoxy) is 1. The van der Waals surface area contributed by atoms with E-state index in [9.17, 15) is 14.4 Å². The van der Waals surface area contributed by atoms with Crippen molar-refractivity contribution in [3.05, 3.63) is 84.4 Å². The number of carbonyl (C=O) groups is 3. The minimum atomic E-state index is -0.525. The van der Waals surface area contributed by atoms with E-state index in [2.05, 4.69) is 20.5 Å². The van der Waals surface area contributed by atoms with Crippen LogP contribution in [0.15, 0.2) is 78.9 Å². The van der Waals surface area contributed by atoms with Crippen LogP contribution in [0.4, 0.5) is 16.2 Å². The van der Waals surface area contributed by atoms with E-state index in [-0.39, 0.29) is 28.4 Å². The first kappa shape index (κ1) is 28.8. The summed E-state index contributed by atoms with van der Waals surface area (Å²) in [6.45, 7) is 6.40. The second kappa shape index (κ2) is 12.1. The van der Waals surface area contributed by atoms with E-state index in [1.807, 2.05) is 85.8 Å². The largest absolute Gasteiger partial charge is 0.428 e. The summed E-state index contributed by atoms with van der Waals surface area (Å²) in [4.78, 5) is 45.9. The molecule has 2 fully saturated rings. The van der Waals surface area contributed by atoms with E-state index in [4.69, 9.17) is 4.74 Å². The number of likely N-dealkylation sites (tertiary alicyclic amines) is 1. The third kappa shape index (κ3) is 5.71. The Kier molecular flexibility index (Phi) is 8.12. The lowest BCUT2D eigenvalue weighted by atomic mass is 10.0. The Balaban J connectivity index is 1.27. The Morgan fingerprint density at radius 3 is 2.33 bits per heavy atom. The molecule has 2 saturated heterocycles. The first-order valence-electron chi connectivity index (χ1n) is 15.0. The van der Waals surface area contributed by atoms with Gasteiger partial charge in [0.1, 0.15) is 6.04 Å². The number of imide groups is 1. The molecular weight excluding hydrogens is 542 g/mol. The molecule has 3 N–H and O–H groups in total. The van der Waals surface area contributed by atoms with Crippen LogP contribution in [0.5, 0.6) is 0 Å². The molecule has 2 aliphatic heterocycles. The molecule has 222 valence electrons. The van der Waals surface area contributed by atoms with E-state index >= 15 is 0 Å². The summed E-state index contributed by atoms with van der Waals surface area (Å²) < 4.78 is 5.36. The minimum absolute atomic E-state index is 0.0803. The van der Waals surface area contributed by atoms with Crippen molar-refractivity contribution in [1.82, 2.24) is 9.88 Å². The summed E-state index contributed by atoms with van der Waals surface area (Å²) in [5.74, 6) is -0.193. The monoisotopic (exact) mass is 580 g/mol. The van der Waals surface area contributed by atoms with E-state index < -0.39 is 6.04 Å². The van der Waals surface area contributed by atoms with Gasteiger partial charge in [-0.3, -0.25) is 15.0 Å². The molecule has 4 aromatic rings. The van der Waals surface area contributed by atoms with E-state index in [0.29, 0.717) is 38.5 Å². The van der Waals surface area contributed by atoms with Gasteiger partial charge >= 0.3 is 11.9 Å². The molecule has 1 aromatic heterocycles.